The van der Waals surface area contributed by atoms with Crippen LogP contribution in [-0.4, -0.2) is 29.7 Å². The van der Waals surface area contributed by atoms with E-state index in [1.165, 1.54) is 0 Å². The second-order valence-corrected chi connectivity index (χ2v) is 3.75. The Morgan fingerprint density at radius 1 is 1.62 bits per heavy atom. The molecule has 4 nitrogen and oxygen atoms in total. The molecule has 0 bridgehead atoms. The largest absolute Gasteiger partial charge is 0.330 e. The Bertz CT molecular complexity index is 223. The molecule has 0 aromatic rings. The van der Waals surface area contributed by atoms with E-state index in [1.54, 1.807) is 5.01 Å². The number of amides is 1. The monoisotopic (exact) mass is 183 g/mol. The smallest absolute Gasteiger partial charge is 0.248 e. The van der Waals surface area contributed by atoms with Gasteiger partial charge in [0.15, 0.2) is 0 Å². The van der Waals surface area contributed by atoms with E-state index in [0.717, 1.165) is 12.1 Å². The van der Waals surface area contributed by atoms with Gasteiger partial charge in [0.25, 0.3) is 0 Å². The zero-order chi connectivity index (χ0) is 9.84. The van der Waals surface area contributed by atoms with Gasteiger partial charge < -0.3 is 5.73 Å². The van der Waals surface area contributed by atoms with E-state index >= 15 is 0 Å². The maximum Gasteiger partial charge on any atom is 0.248 e. The van der Waals surface area contributed by atoms with Crippen molar-refractivity contribution in [2.45, 2.75) is 26.7 Å². The van der Waals surface area contributed by atoms with Crippen molar-refractivity contribution >= 4 is 11.6 Å². The predicted octanol–water partition coefficient (Wildman–Crippen LogP) is 0.580. The summed E-state index contributed by atoms with van der Waals surface area (Å²) in [5.41, 5.74) is 6.31. The average molecular weight is 183 g/mol. The Balaban J connectivity index is 2.51. The Hall–Kier alpha value is -0.900. The molecule has 1 heterocycles. The van der Waals surface area contributed by atoms with E-state index in [2.05, 4.69) is 18.9 Å². The SMILES string of the molecule is CC(C)CN1N=C(CCN)CC1=O. The van der Waals surface area contributed by atoms with Crippen molar-refractivity contribution in [2.75, 3.05) is 13.1 Å². The molecule has 0 aliphatic carbocycles. The van der Waals surface area contributed by atoms with Gasteiger partial charge in [-0.3, -0.25) is 4.79 Å². The van der Waals surface area contributed by atoms with Gasteiger partial charge in [-0.25, -0.2) is 5.01 Å². The van der Waals surface area contributed by atoms with Crippen molar-refractivity contribution < 1.29 is 4.79 Å². The molecule has 0 radical (unpaired) electrons. The van der Waals surface area contributed by atoms with Gasteiger partial charge in [0.2, 0.25) is 5.91 Å². The summed E-state index contributed by atoms with van der Waals surface area (Å²) in [5.74, 6) is 0.571. The maximum atomic E-state index is 11.4. The lowest BCUT2D eigenvalue weighted by molar-refractivity contribution is -0.129. The van der Waals surface area contributed by atoms with Crippen molar-refractivity contribution in [2.24, 2.45) is 16.8 Å². The zero-order valence-corrected chi connectivity index (χ0v) is 8.29. The molecule has 0 spiro atoms. The highest BCUT2D eigenvalue weighted by Crippen LogP contribution is 2.12. The third-order valence-electron chi connectivity index (χ3n) is 1.88. The summed E-state index contributed by atoms with van der Waals surface area (Å²) in [6.07, 6.45) is 1.20. The average Bonchev–Trinajstić information content (AvgIpc) is 2.31. The molecule has 1 aliphatic rings. The summed E-state index contributed by atoms with van der Waals surface area (Å²) in [7, 11) is 0. The molecule has 0 saturated heterocycles. The van der Waals surface area contributed by atoms with E-state index in [0.29, 0.717) is 25.4 Å². The van der Waals surface area contributed by atoms with Gasteiger partial charge >= 0.3 is 0 Å². The van der Waals surface area contributed by atoms with Gasteiger partial charge in [0.1, 0.15) is 0 Å². The van der Waals surface area contributed by atoms with E-state index in [-0.39, 0.29) is 5.91 Å². The van der Waals surface area contributed by atoms with Crippen LogP contribution in [0.25, 0.3) is 0 Å². The van der Waals surface area contributed by atoms with Gasteiger partial charge in [-0.2, -0.15) is 5.10 Å². The highest BCUT2D eigenvalue weighted by atomic mass is 16.2. The van der Waals surface area contributed by atoms with Crippen molar-refractivity contribution in [3.05, 3.63) is 0 Å². The van der Waals surface area contributed by atoms with Gasteiger partial charge in [-0.1, -0.05) is 13.8 Å². The fourth-order valence-corrected chi connectivity index (χ4v) is 1.32. The van der Waals surface area contributed by atoms with Crippen LogP contribution < -0.4 is 5.73 Å². The molecule has 2 N–H and O–H groups in total. The number of hydrogen-bond acceptors (Lipinski definition) is 3. The minimum atomic E-state index is 0.108. The van der Waals surface area contributed by atoms with Crippen LogP contribution in [0.5, 0.6) is 0 Å². The normalized spacial score (nSPS) is 17.1. The second kappa shape index (κ2) is 4.37. The van der Waals surface area contributed by atoms with Crippen LogP contribution in [0.3, 0.4) is 0 Å². The lowest BCUT2D eigenvalue weighted by Gasteiger charge is -2.13. The fourth-order valence-electron chi connectivity index (χ4n) is 1.32. The molecule has 1 aliphatic heterocycles. The van der Waals surface area contributed by atoms with Crippen molar-refractivity contribution in [1.82, 2.24) is 5.01 Å². The number of hydrogen-bond donors (Lipinski definition) is 1. The molecule has 1 rings (SSSR count). The minimum absolute atomic E-state index is 0.108. The zero-order valence-electron chi connectivity index (χ0n) is 8.29. The summed E-state index contributed by atoms with van der Waals surface area (Å²) >= 11 is 0. The van der Waals surface area contributed by atoms with Gasteiger partial charge in [-0.05, 0) is 12.5 Å². The van der Waals surface area contributed by atoms with Crippen LogP contribution in [0.4, 0.5) is 0 Å². The third-order valence-corrected chi connectivity index (χ3v) is 1.88. The Kier molecular flexibility index (Phi) is 3.42. The van der Waals surface area contributed by atoms with Crippen molar-refractivity contribution in [3.63, 3.8) is 0 Å². The summed E-state index contributed by atoms with van der Waals surface area (Å²) in [6.45, 7) is 5.43. The molecule has 0 atom stereocenters. The number of carbonyl (C=O) groups is 1. The van der Waals surface area contributed by atoms with Crippen LogP contribution in [0, 0.1) is 5.92 Å². The Morgan fingerprint density at radius 2 is 2.31 bits per heavy atom. The molecular weight excluding hydrogens is 166 g/mol. The maximum absolute atomic E-state index is 11.4. The number of nitrogens with two attached hydrogens (primary N) is 1. The first-order chi connectivity index (χ1) is 6.13. The summed E-state index contributed by atoms with van der Waals surface area (Å²) in [5, 5.41) is 5.78. The van der Waals surface area contributed by atoms with Crippen LogP contribution >= 0.6 is 0 Å². The standard InChI is InChI=1S/C9H17N3O/c1-7(2)6-12-9(13)5-8(11-12)3-4-10/h7H,3-6,10H2,1-2H3. The van der Waals surface area contributed by atoms with Gasteiger partial charge in [0, 0.05) is 18.7 Å². The van der Waals surface area contributed by atoms with E-state index in [4.69, 9.17) is 5.73 Å². The summed E-state index contributed by atoms with van der Waals surface area (Å²) in [4.78, 5) is 11.4. The number of nitrogens with zero attached hydrogens (tertiary/aromatic N) is 2. The molecule has 74 valence electrons. The molecule has 0 aromatic heterocycles. The number of carbonyl (C=O) groups excluding carboxylic acids is 1. The summed E-state index contributed by atoms with van der Waals surface area (Å²) in [6, 6.07) is 0. The molecule has 0 saturated carbocycles. The Morgan fingerprint density at radius 3 is 2.85 bits per heavy atom. The molecule has 0 unspecified atom stereocenters. The number of rotatable bonds is 4. The lowest BCUT2D eigenvalue weighted by atomic mass is 10.2. The highest BCUT2D eigenvalue weighted by molar-refractivity contribution is 6.04. The number of hydrazone groups is 1. The lowest BCUT2D eigenvalue weighted by Crippen LogP contribution is -2.24. The fraction of sp³-hybridized carbons (Fsp3) is 0.778. The molecule has 13 heavy (non-hydrogen) atoms. The van der Waals surface area contributed by atoms with E-state index in [1.807, 2.05) is 0 Å². The van der Waals surface area contributed by atoms with Crippen LogP contribution in [0.15, 0.2) is 5.10 Å². The first-order valence-electron chi connectivity index (χ1n) is 4.70. The first kappa shape index (κ1) is 10.2. The molecule has 0 aromatic carbocycles. The van der Waals surface area contributed by atoms with Gasteiger partial charge in [0.05, 0.1) is 6.42 Å². The highest BCUT2D eigenvalue weighted by Gasteiger charge is 2.23. The van der Waals surface area contributed by atoms with Crippen LogP contribution in [0.2, 0.25) is 0 Å². The second-order valence-electron chi connectivity index (χ2n) is 3.75. The molecule has 4 heteroatoms. The van der Waals surface area contributed by atoms with Gasteiger partial charge in [-0.15, -0.1) is 0 Å². The topological polar surface area (TPSA) is 58.7 Å². The molecule has 1 amide bonds. The quantitative estimate of drug-likeness (QED) is 0.693. The van der Waals surface area contributed by atoms with Crippen molar-refractivity contribution in [1.29, 1.82) is 0 Å². The Labute approximate surface area is 78.8 Å². The minimum Gasteiger partial charge on any atom is -0.330 e. The first-order valence-corrected chi connectivity index (χ1v) is 4.70. The molecular formula is C9H17N3O. The predicted molar refractivity (Wildman–Crippen MR) is 52.3 cm³/mol. The van der Waals surface area contributed by atoms with Crippen LogP contribution in [-0.2, 0) is 4.79 Å². The van der Waals surface area contributed by atoms with E-state index < -0.39 is 0 Å². The van der Waals surface area contributed by atoms with Crippen LogP contribution in [0.1, 0.15) is 26.7 Å². The summed E-state index contributed by atoms with van der Waals surface area (Å²) < 4.78 is 0. The third kappa shape index (κ3) is 2.81. The molecule has 0 fully saturated rings. The van der Waals surface area contributed by atoms with E-state index in [9.17, 15) is 4.79 Å². The van der Waals surface area contributed by atoms with Crippen molar-refractivity contribution in [3.8, 4) is 0 Å².